The predicted molar refractivity (Wildman–Crippen MR) is 40.8 cm³/mol. The molecule has 0 spiro atoms. The molecule has 0 aromatic heterocycles. The molecule has 4 saturated carbocycles. The Morgan fingerprint density at radius 1 is 0.818 bits per heavy atom. The van der Waals surface area contributed by atoms with E-state index in [4.69, 9.17) is 0 Å². The fraction of sp³-hybridized carbons (Fsp3) is 1.00. The quantitative estimate of drug-likeness (QED) is 0.551. The molecule has 0 radical (unpaired) electrons. The van der Waals surface area contributed by atoms with Crippen LogP contribution in [-0.2, 0) is 0 Å². The van der Waals surface area contributed by atoms with Gasteiger partial charge in [0.15, 0.2) is 0 Å². The lowest BCUT2D eigenvalue weighted by molar-refractivity contribution is -0.321. The first kappa shape index (κ1) is 5.58. The zero-order valence-electron chi connectivity index (χ0n) is 6.61. The summed E-state index contributed by atoms with van der Waals surface area (Å²) in [5.41, 5.74) is 0. The van der Waals surface area contributed by atoms with Gasteiger partial charge in [-0.15, -0.1) is 0 Å². The molecule has 7 unspecified atom stereocenters. The van der Waals surface area contributed by atoms with Gasteiger partial charge in [0.05, 0.1) is 6.10 Å². The summed E-state index contributed by atoms with van der Waals surface area (Å²) >= 11 is 0. The SMILES string of the molecule is OC1CC2C1C1C3CCC3C21. The molecule has 0 aromatic rings. The molecule has 4 fully saturated rings. The van der Waals surface area contributed by atoms with E-state index in [0.29, 0.717) is 0 Å². The zero-order chi connectivity index (χ0) is 7.16. The van der Waals surface area contributed by atoms with E-state index in [1.165, 1.54) is 12.8 Å². The molecule has 0 amide bonds. The molecule has 60 valence electrons. The number of aliphatic hydroxyl groups excluding tert-OH is 1. The van der Waals surface area contributed by atoms with Gasteiger partial charge in [0, 0.05) is 0 Å². The van der Waals surface area contributed by atoms with Crippen LogP contribution in [-0.4, -0.2) is 11.2 Å². The van der Waals surface area contributed by atoms with Crippen molar-refractivity contribution >= 4 is 0 Å². The first-order valence-corrected chi connectivity index (χ1v) is 5.06. The highest BCUT2D eigenvalue weighted by Crippen LogP contribution is 2.76. The Kier molecular flexibility index (Phi) is 0.706. The van der Waals surface area contributed by atoms with Gasteiger partial charge in [-0.3, -0.25) is 0 Å². The second-order valence-electron chi connectivity index (χ2n) is 5.10. The average Bonchev–Trinajstić information content (AvgIpc) is 1.92. The molecule has 4 aliphatic carbocycles. The molecule has 1 N–H and O–H groups in total. The van der Waals surface area contributed by atoms with Gasteiger partial charge in [-0.2, -0.15) is 0 Å². The van der Waals surface area contributed by atoms with Crippen molar-refractivity contribution in [2.45, 2.75) is 25.4 Å². The predicted octanol–water partition coefficient (Wildman–Crippen LogP) is 1.27. The summed E-state index contributed by atoms with van der Waals surface area (Å²) < 4.78 is 0. The third kappa shape index (κ3) is 0.376. The molecule has 0 aromatic carbocycles. The molecule has 1 heteroatoms. The summed E-state index contributed by atoms with van der Waals surface area (Å²) in [4.78, 5) is 0. The number of rotatable bonds is 0. The Hall–Kier alpha value is -0.0400. The second-order valence-corrected chi connectivity index (χ2v) is 5.10. The van der Waals surface area contributed by atoms with Crippen molar-refractivity contribution in [2.75, 3.05) is 0 Å². The zero-order valence-corrected chi connectivity index (χ0v) is 6.61. The van der Waals surface area contributed by atoms with Gasteiger partial charge in [0.25, 0.3) is 0 Å². The van der Waals surface area contributed by atoms with Crippen LogP contribution in [0.5, 0.6) is 0 Å². The van der Waals surface area contributed by atoms with Gasteiger partial charge in [-0.1, -0.05) is 0 Å². The van der Waals surface area contributed by atoms with Gasteiger partial charge in [0.2, 0.25) is 0 Å². The van der Waals surface area contributed by atoms with Gasteiger partial charge in [-0.05, 0) is 54.8 Å². The molecular formula is C10H14O. The van der Waals surface area contributed by atoms with Crippen LogP contribution in [0.4, 0.5) is 0 Å². The maximum absolute atomic E-state index is 9.49. The number of hydrogen-bond donors (Lipinski definition) is 1. The molecule has 7 atom stereocenters. The number of fused-ring (bicyclic) bond motifs is 7. The van der Waals surface area contributed by atoms with Gasteiger partial charge in [-0.25, -0.2) is 0 Å². The van der Waals surface area contributed by atoms with Crippen LogP contribution in [0, 0.1) is 35.5 Å². The molecule has 0 saturated heterocycles. The summed E-state index contributed by atoms with van der Waals surface area (Å²) in [5, 5.41) is 9.49. The summed E-state index contributed by atoms with van der Waals surface area (Å²) in [7, 11) is 0. The summed E-state index contributed by atoms with van der Waals surface area (Å²) in [6, 6.07) is 0. The van der Waals surface area contributed by atoms with Crippen LogP contribution < -0.4 is 0 Å². The standard InChI is InChI=1S/C10H14O/c11-7-3-6-8-4-1-2-5(4)10(8)9(6)7/h4-11H,1-3H2. The van der Waals surface area contributed by atoms with Crippen molar-refractivity contribution in [3.05, 3.63) is 0 Å². The van der Waals surface area contributed by atoms with Crippen LogP contribution in [0.25, 0.3) is 0 Å². The molecule has 0 aliphatic heterocycles. The summed E-state index contributed by atoms with van der Waals surface area (Å²) in [5.74, 6) is 6.08. The van der Waals surface area contributed by atoms with Crippen LogP contribution in [0.15, 0.2) is 0 Å². The first-order chi connectivity index (χ1) is 5.38. The highest BCUT2D eigenvalue weighted by atomic mass is 16.3. The van der Waals surface area contributed by atoms with Gasteiger partial charge >= 0.3 is 0 Å². The van der Waals surface area contributed by atoms with E-state index >= 15 is 0 Å². The Morgan fingerprint density at radius 3 is 2.18 bits per heavy atom. The minimum atomic E-state index is 0.114. The lowest BCUT2D eigenvalue weighted by atomic mass is 9.27. The maximum Gasteiger partial charge on any atom is 0.0576 e. The Bertz CT molecular complexity index is 219. The molecule has 4 rings (SSSR count). The molecule has 0 bridgehead atoms. The summed E-state index contributed by atoms with van der Waals surface area (Å²) in [6.07, 6.45) is 4.27. The third-order valence-corrected chi connectivity index (χ3v) is 5.21. The second kappa shape index (κ2) is 1.39. The highest BCUT2D eigenvalue weighted by Gasteiger charge is 2.73. The topological polar surface area (TPSA) is 20.2 Å². The van der Waals surface area contributed by atoms with E-state index in [0.717, 1.165) is 41.9 Å². The minimum Gasteiger partial charge on any atom is -0.393 e. The van der Waals surface area contributed by atoms with Crippen LogP contribution in [0.1, 0.15) is 19.3 Å². The molecule has 1 nitrogen and oxygen atoms in total. The van der Waals surface area contributed by atoms with E-state index in [1.807, 2.05) is 0 Å². The van der Waals surface area contributed by atoms with Crippen molar-refractivity contribution < 1.29 is 5.11 Å². The van der Waals surface area contributed by atoms with Gasteiger partial charge < -0.3 is 5.11 Å². The highest BCUT2D eigenvalue weighted by molar-refractivity contribution is 5.21. The maximum atomic E-state index is 9.49. The Balaban J connectivity index is 1.64. The van der Waals surface area contributed by atoms with E-state index in [1.54, 1.807) is 0 Å². The monoisotopic (exact) mass is 150 g/mol. The largest absolute Gasteiger partial charge is 0.393 e. The van der Waals surface area contributed by atoms with Crippen molar-refractivity contribution in [3.8, 4) is 0 Å². The first-order valence-electron chi connectivity index (χ1n) is 5.06. The Morgan fingerprint density at radius 2 is 1.55 bits per heavy atom. The van der Waals surface area contributed by atoms with Crippen molar-refractivity contribution in [1.29, 1.82) is 0 Å². The number of aliphatic hydroxyl groups is 1. The third-order valence-electron chi connectivity index (χ3n) is 5.21. The van der Waals surface area contributed by atoms with Crippen molar-refractivity contribution in [3.63, 3.8) is 0 Å². The number of hydrogen-bond acceptors (Lipinski definition) is 1. The van der Waals surface area contributed by atoms with Crippen molar-refractivity contribution in [1.82, 2.24) is 0 Å². The smallest absolute Gasteiger partial charge is 0.0576 e. The Labute approximate surface area is 66.8 Å². The fourth-order valence-corrected chi connectivity index (χ4v) is 4.57. The van der Waals surface area contributed by atoms with Crippen LogP contribution in [0.3, 0.4) is 0 Å². The normalized spacial score (nSPS) is 75.5. The van der Waals surface area contributed by atoms with E-state index < -0.39 is 0 Å². The molecule has 0 heterocycles. The average molecular weight is 150 g/mol. The fourth-order valence-electron chi connectivity index (χ4n) is 4.57. The molecular weight excluding hydrogens is 136 g/mol. The lowest BCUT2D eigenvalue weighted by Gasteiger charge is -2.78. The summed E-state index contributed by atoms with van der Waals surface area (Å²) in [6.45, 7) is 0. The molecule has 11 heavy (non-hydrogen) atoms. The lowest BCUT2D eigenvalue weighted by Crippen LogP contribution is -2.75. The van der Waals surface area contributed by atoms with Gasteiger partial charge in [0.1, 0.15) is 0 Å². The molecule has 4 aliphatic rings. The van der Waals surface area contributed by atoms with Crippen LogP contribution in [0.2, 0.25) is 0 Å². The van der Waals surface area contributed by atoms with E-state index in [2.05, 4.69) is 0 Å². The van der Waals surface area contributed by atoms with E-state index in [-0.39, 0.29) is 6.10 Å². The van der Waals surface area contributed by atoms with Crippen molar-refractivity contribution in [2.24, 2.45) is 35.5 Å². The van der Waals surface area contributed by atoms with Crippen LogP contribution >= 0.6 is 0 Å². The minimum absolute atomic E-state index is 0.114. The van der Waals surface area contributed by atoms with E-state index in [9.17, 15) is 5.11 Å².